The molecule has 1 saturated heterocycles. The molecule has 1 aromatic carbocycles. The van der Waals surface area contributed by atoms with E-state index in [-0.39, 0.29) is 11.8 Å². The third kappa shape index (κ3) is 2.42. The summed E-state index contributed by atoms with van der Waals surface area (Å²) >= 11 is 0. The van der Waals surface area contributed by atoms with E-state index in [1.165, 1.54) is 5.56 Å². The topological polar surface area (TPSA) is 72.3 Å². The SMILES string of the molecule is Cc1ccc(N2CCC(C(N)=O)C2)c(CN)c1. The van der Waals surface area contributed by atoms with Crippen LogP contribution in [0.5, 0.6) is 0 Å². The zero-order valence-corrected chi connectivity index (χ0v) is 10.1. The molecule has 92 valence electrons. The minimum atomic E-state index is -0.200. The van der Waals surface area contributed by atoms with Crippen LogP contribution in [0.2, 0.25) is 0 Å². The maximum absolute atomic E-state index is 11.2. The van der Waals surface area contributed by atoms with Gasteiger partial charge in [0.1, 0.15) is 0 Å². The number of nitrogens with two attached hydrogens (primary N) is 2. The van der Waals surface area contributed by atoms with E-state index in [1.807, 2.05) is 0 Å². The second-order valence-corrected chi connectivity index (χ2v) is 4.67. The minimum absolute atomic E-state index is 0.0260. The Morgan fingerprint density at radius 1 is 1.53 bits per heavy atom. The lowest BCUT2D eigenvalue weighted by Gasteiger charge is -2.21. The Morgan fingerprint density at radius 3 is 2.88 bits per heavy atom. The van der Waals surface area contributed by atoms with E-state index in [2.05, 4.69) is 30.0 Å². The zero-order valence-electron chi connectivity index (χ0n) is 10.1. The summed E-state index contributed by atoms with van der Waals surface area (Å²) in [5.74, 6) is -0.226. The maximum atomic E-state index is 11.2. The van der Waals surface area contributed by atoms with Gasteiger partial charge < -0.3 is 16.4 Å². The molecule has 0 radical (unpaired) electrons. The van der Waals surface area contributed by atoms with Gasteiger partial charge in [0.2, 0.25) is 5.91 Å². The van der Waals surface area contributed by atoms with Gasteiger partial charge in [-0.05, 0) is 25.0 Å². The lowest BCUT2D eigenvalue weighted by molar-refractivity contribution is -0.121. The van der Waals surface area contributed by atoms with Crippen LogP contribution < -0.4 is 16.4 Å². The van der Waals surface area contributed by atoms with Crippen LogP contribution in [0.25, 0.3) is 0 Å². The quantitative estimate of drug-likeness (QED) is 0.809. The lowest BCUT2D eigenvalue weighted by Crippen LogP contribution is -2.28. The molecule has 1 aliphatic heterocycles. The van der Waals surface area contributed by atoms with E-state index in [0.717, 1.165) is 24.2 Å². The van der Waals surface area contributed by atoms with Crippen LogP contribution in [-0.4, -0.2) is 19.0 Å². The van der Waals surface area contributed by atoms with Crippen molar-refractivity contribution in [1.82, 2.24) is 0 Å². The third-order valence-corrected chi connectivity index (χ3v) is 3.39. The number of hydrogen-bond acceptors (Lipinski definition) is 3. The smallest absolute Gasteiger partial charge is 0.222 e. The summed E-state index contributed by atoms with van der Waals surface area (Å²) in [6, 6.07) is 6.26. The van der Waals surface area contributed by atoms with Crippen molar-refractivity contribution in [3.63, 3.8) is 0 Å². The predicted octanol–water partition coefficient (Wildman–Crippen LogP) is 0.765. The van der Waals surface area contributed by atoms with Crippen molar-refractivity contribution in [2.45, 2.75) is 19.9 Å². The Kier molecular flexibility index (Phi) is 3.33. The van der Waals surface area contributed by atoms with Crippen LogP contribution >= 0.6 is 0 Å². The molecule has 1 amide bonds. The fraction of sp³-hybridized carbons (Fsp3) is 0.462. The van der Waals surface area contributed by atoms with E-state index >= 15 is 0 Å². The normalized spacial score (nSPS) is 19.6. The molecule has 0 spiro atoms. The number of anilines is 1. The fourth-order valence-corrected chi connectivity index (χ4v) is 2.40. The Balaban J connectivity index is 2.21. The number of nitrogens with zero attached hydrogens (tertiary/aromatic N) is 1. The van der Waals surface area contributed by atoms with Crippen LogP contribution in [-0.2, 0) is 11.3 Å². The molecule has 1 aromatic rings. The van der Waals surface area contributed by atoms with Crippen molar-refractivity contribution in [1.29, 1.82) is 0 Å². The van der Waals surface area contributed by atoms with Crippen molar-refractivity contribution in [2.24, 2.45) is 17.4 Å². The van der Waals surface area contributed by atoms with Crippen LogP contribution in [0.3, 0.4) is 0 Å². The second-order valence-electron chi connectivity index (χ2n) is 4.67. The summed E-state index contributed by atoms with van der Waals surface area (Å²) in [4.78, 5) is 13.4. The number of hydrogen-bond donors (Lipinski definition) is 2. The van der Waals surface area contributed by atoms with Gasteiger partial charge in [-0.15, -0.1) is 0 Å². The highest BCUT2D eigenvalue weighted by Crippen LogP contribution is 2.27. The van der Waals surface area contributed by atoms with Gasteiger partial charge in [-0.1, -0.05) is 17.7 Å². The van der Waals surface area contributed by atoms with E-state index in [0.29, 0.717) is 13.1 Å². The average Bonchev–Trinajstić information content (AvgIpc) is 2.78. The minimum Gasteiger partial charge on any atom is -0.370 e. The molecule has 1 unspecified atom stereocenters. The molecule has 0 saturated carbocycles. The van der Waals surface area contributed by atoms with Crippen LogP contribution in [0.15, 0.2) is 18.2 Å². The highest BCUT2D eigenvalue weighted by molar-refractivity contribution is 5.78. The summed E-state index contributed by atoms with van der Waals surface area (Å²) in [7, 11) is 0. The van der Waals surface area contributed by atoms with Gasteiger partial charge in [0.05, 0.1) is 5.92 Å². The first-order chi connectivity index (χ1) is 8.11. The number of primary amides is 1. The van der Waals surface area contributed by atoms with Gasteiger partial charge in [-0.2, -0.15) is 0 Å². The standard InChI is InChI=1S/C13H19N3O/c1-9-2-3-12(11(6-9)7-14)16-5-4-10(8-16)13(15)17/h2-3,6,10H,4-5,7-8,14H2,1H3,(H2,15,17). The molecule has 4 heteroatoms. The molecule has 1 aliphatic rings. The first-order valence-corrected chi connectivity index (χ1v) is 5.95. The van der Waals surface area contributed by atoms with Crippen molar-refractivity contribution in [3.8, 4) is 0 Å². The molecule has 1 heterocycles. The summed E-state index contributed by atoms with van der Waals surface area (Å²) < 4.78 is 0. The number of aryl methyl sites for hydroxylation is 1. The Morgan fingerprint density at radius 2 is 2.29 bits per heavy atom. The largest absolute Gasteiger partial charge is 0.370 e. The van der Waals surface area contributed by atoms with Gasteiger partial charge in [0.25, 0.3) is 0 Å². The van der Waals surface area contributed by atoms with Gasteiger partial charge in [0, 0.05) is 25.3 Å². The molecule has 4 N–H and O–H groups in total. The average molecular weight is 233 g/mol. The predicted molar refractivity (Wildman–Crippen MR) is 68.6 cm³/mol. The zero-order chi connectivity index (χ0) is 12.4. The highest BCUT2D eigenvalue weighted by Gasteiger charge is 2.27. The molecule has 0 bridgehead atoms. The monoisotopic (exact) mass is 233 g/mol. The molecule has 2 rings (SSSR count). The van der Waals surface area contributed by atoms with Crippen molar-refractivity contribution in [3.05, 3.63) is 29.3 Å². The van der Waals surface area contributed by atoms with Gasteiger partial charge >= 0.3 is 0 Å². The van der Waals surface area contributed by atoms with E-state index in [1.54, 1.807) is 0 Å². The molecule has 17 heavy (non-hydrogen) atoms. The van der Waals surface area contributed by atoms with Crippen LogP contribution in [0, 0.1) is 12.8 Å². The lowest BCUT2D eigenvalue weighted by atomic mass is 10.1. The summed E-state index contributed by atoms with van der Waals surface area (Å²) in [5, 5.41) is 0. The summed E-state index contributed by atoms with van der Waals surface area (Å²) in [5.41, 5.74) is 14.6. The molecular weight excluding hydrogens is 214 g/mol. The molecule has 0 aromatic heterocycles. The molecule has 1 fully saturated rings. The van der Waals surface area contributed by atoms with Crippen LogP contribution in [0.4, 0.5) is 5.69 Å². The van der Waals surface area contributed by atoms with E-state index in [4.69, 9.17) is 11.5 Å². The first-order valence-electron chi connectivity index (χ1n) is 5.95. The number of carbonyl (C=O) groups is 1. The van der Waals surface area contributed by atoms with E-state index in [9.17, 15) is 4.79 Å². The summed E-state index contributed by atoms with van der Waals surface area (Å²) in [6.45, 7) is 4.17. The van der Waals surface area contributed by atoms with E-state index < -0.39 is 0 Å². The van der Waals surface area contributed by atoms with Gasteiger partial charge in [-0.25, -0.2) is 0 Å². The molecular formula is C13H19N3O. The van der Waals surface area contributed by atoms with Crippen molar-refractivity contribution < 1.29 is 4.79 Å². The Hall–Kier alpha value is -1.55. The number of carbonyl (C=O) groups excluding carboxylic acids is 1. The first kappa shape index (κ1) is 11.9. The van der Waals surface area contributed by atoms with Gasteiger partial charge in [-0.3, -0.25) is 4.79 Å². The Labute approximate surface area is 102 Å². The maximum Gasteiger partial charge on any atom is 0.222 e. The van der Waals surface area contributed by atoms with Crippen molar-refractivity contribution in [2.75, 3.05) is 18.0 Å². The third-order valence-electron chi connectivity index (χ3n) is 3.39. The number of amides is 1. The number of rotatable bonds is 3. The molecule has 1 atom stereocenters. The van der Waals surface area contributed by atoms with Crippen molar-refractivity contribution >= 4 is 11.6 Å². The second kappa shape index (κ2) is 4.75. The number of benzene rings is 1. The Bertz CT molecular complexity index is 431. The molecule has 0 aliphatic carbocycles. The molecule has 4 nitrogen and oxygen atoms in total. The fourth-order valence-electron chi connectivity index (χ4n) is 2.40. The highest BCUT2D eigenvalue weighted by atomic mass is 16.1. The summed E-state index contributed by atoms with van der Waals surface area (Å²) in [6.07, 6.45) is 0.840. The van der Waals surface area contributed by atoms with Gasteiger partial charge in [0.15, 0.2) is 0 Å². The van der Waals surface area contributed by atoms with Crippen LogP contribution in [0.1, 0.15) is 17.5 Å².